The van der Waals surface area contributed by atoms with Crippen LogP contribution < -0.4 is 5.32 Å². The molecule has 2 atom stereocenters. The highest BCUT2D eigenvalue weighted by molar-refractivity contribution is 8.00. The molecule has 2 unspecified atom stereocenters. The first kappa shape index (κ1) is 13.1. The molecular formula is C13H15NO3S. The molecule has 0 saturated heterocycles. The number of hydrogen-bond acceptors (Lipinski definition) is 4. The Bertz CT molecular complexity index is 501. The van der Waals surface area contributed by atoms with Gasteiger partial charge in [-0.15, -0.1) is 11.8 Å². The molecule has 5 heteroatoms. The number of anilines is 1. The Morgan fingerprint density at radius 1 is 1.56 bits per heavy atom. The number of rotatable bonds is 3. The molecular weight excluding hydrogens is 250 g/mol. The molecule has 0 aliphatic carbocycles. The molecule has 4 nitrogen and oxygen atoms in total. The number of thioether (sulfide) groups is 1. The van der Waals surface area contributed by atoms with Gasteiger partial charge < -0.3 is 10.4 Å². The summed E-state index contributed by atoms with van der Waals surface area (Å²) in [4.78, 5) is 24.0. The number of carbonyl (C=O) groups excluding carboxylic acids is 2. The molecule has 0 aromatic heterocycles. The van der Waals surface area contributed by atoms with Crippen LogP contribution in [0.4, 0.5) is 5.69 Å². The number of aliphatic hydroxyl groups is 1. The number of ketones is 1. The number of Topliss-reactive ketones (excluding diaryl/α,β-unsaturated/α-hetero) is 1. The van der Waals surface area contributed by atoms with Gasteiger partial charge in [-0.25, -0.2) is 0 Å². The highest BCUT2D eigenvalue weighted by atomic mass is 32.2. The molecule has 18 heavy (non-hydrogen) atoms. The molecule has 2 N–H and O–H groups in total. The van der Waals surface area contributed by atoms with E-state index in [1.54, 1.807) is 19.1 Å². The largest absolute Gasteiger partial charge is 0.381 e. The van der Waals surface area contributed by atoms with E-state index in [0.717, 1.165) is 4.90 Å². The SMILES string of the molecule is CCC(=O)C(O)c1ccc2c(c1)NC(=O)C(C)S2. The van der Waals surface area contributed by atoms with E-state index in [1.807, 2.05) is 13.0 Å². The molecule has 0 bridgehead atoms. The number of carbonyl (C=O) groups is 2. The van der Waals surface area contributed by atoms with Crippen molar-refractivity contribution in [3.8, 4) is 0 Å². The number of benzene rings is 1. The maximum atomic E-state index is 11.6. The van der Waals surface area contributed by atoms with Gasteiger partial charge in [0.2, 0.25) is 5.91 Å². The number of amides is 1. The smallest absolute Gasteiger partial charge is 0.237 e. The van der Waals surface area contributed by atoms with E-state index in [-0.39, 0.29) is 23.4 Å². The molecule has 1 amide bonds. The van der Waals surface area contributed by atoms with Gasteiger partial charge in [0.05, 0.1) is 10.9 Å². The van der Waals surface area contributed by atoms with Crippen LogP contribution in [-0.4, -0.2) is 22.0 Å². The Morgan fingerprint density at radius 2 is 2.28 bits per heavy atom. The zero-order valence-electron chi connectivity index (χ0n) is 10.3. The van der Waals surface area contributed by atoms with E-state index >= 15 is 0 Å². The Balaban J connectivity index is 2.30. The summed E-state index contributed by atoms with van der Waals surface area (Å²) >= 11 is 1.48. The van der Waals surface area contributed by atoms with Gasteiger partial charge in [0.25, 0.3) is 0 Å². The fourth-order valence-corrected chi connectivity index (χ4v) is 2.71. The van der Waals surface area contributed by atoms with Gasteiger partial charge in [0.1, 0.15) is 6.10 Å². The van der Waals surface area contributed by atoms with E-state index in [9.17, 15) is 14.7 Å². The minimum Gasteiger partial charge on any atom is -0.381 e. The highest BCUT2D eigenvalue weighted by Crippen LogP contribution is 2.37. The predicted molar refractivity (Wildman–Crippen MR) is 70.6 cm³/mol. The van der Waals surface area contributed by atoms with Crippen LogP contribution in [0.15, 0.2) is 23.1 Å². The van der Waals surface area contributed by atoms with Crippen molar-refractivity contribution in [1.29, 1.82) is 0 Å². The molecule has 0 saturated carbocycles. The quantitative estimate of drug-likeness (QED) is 0.878. The third-order valence-corrected chi connectivity index (χ3v) is 4.08. The summed E-state index contributed by atoms with van der Waals surface area (Å²) in [7, 11) is 0. The highest BCUT2D eigenvalue weighted by Gasteiger charge is 2.24. The second-order valence-electron chi connectivity index (χ2n) is 4.23. The maximum absolute atomic E-state index is 11.6. The van der Waals surface area contributed by atoms with E-state index in [2.05, 4.69) is 5.32 Å². The predicted octanol–water partition coefficient (Wildman–Crippen LogP) is 2.13. The van der Waals surface area contributed by atoms with E-state index < -0.39 is 6.10 Å². The lowest BCUT2D eigenvalue weighted by Crippen LogP contribution is -2.26. The van der Waals surface area contributed by atoms with Gasteiger partial charge >= 0.3 is 0 Å². The van der Waals surface area contributed by atoms with Crippen LogP contribution in [0.25, 0.3) is 0 Å². The van der Waals surface area contributed by atoms with Gasteiger partial charge in [-0.1, -0.05) is 13.0 Å². The molecule has 1 heterocycles. The summed E-state index contributed by atoms with van der Waals surface area (Å²) in [5, 5.41) is 12.5. The second-order valence-corrected chi connectivity index (χ2v) is 5.61. The summed E-state index contributed by atoms with van der Waals surface area (Å²) in [5.74, 6) is -0.279. The fourth-order valence-electron chi connectivity index (χ4n) is 1.78. The standard InChI is InChI=1S/C13H15NO3S/c1-3-10(15)12(16)8-4-5-11-9(6-8)14-13(17)7(2)18-11/h4-7,12,16H,3H2,1-2H3,(H,14,17). The van der Waals surface area contributed by atoms with Crippen molar-refractivity contribution in [2.24, 2.45) is 0 Å². The number of nitrogens with one attached hydrogen (secondary N) is 1. The van der Waals surface area contributed by atoms with Crippen molar-refractivity contribution >= 4 is 29.1 Å². The summed E-state index contributed by atoms with van der Waals surface area (Å²) in [5.41, 5.74) is 1.19. The van der Waals surface area contributed by atoms with Crippen molar-refractivity contribution in [3.05, 3.63) is 23.8 Å². The zero-order valence-corrected chi connectivity index (χ0v) is 11.1. The molecule has 0 radical (unpaired) electrons. The van der Waals surface area contributed by atoms with Gasteiger partial charge in [-0.05, 0) is 24.6 Å². The topological polar surface area (TPSA) is 66.4 Å². The van der Waals surface area contributed by atoms with Crippen molar-refractivity contribution in [1.82, 2.24) is 0 Å². The van der Waals surface area contributed by atoms with Gasteiger partial charge in [-0.2, -0.15) is 0 Å². The molecule has 1 aliphatic heterocycles. The Hall–Kier alpha value is -1.33. The van der Waals surface area contributed by atoms with Crippen molar-refractivity contribution in [2.75, 3.05) is 5.32 Å². The first-order valence-corrected chi connectivity index (χ1v) is 6.73. The van der Waals surface area contributed by atoms with Crippen LogP contribution in [0, 0.1) is 0 Å². The Labute approximate surface area is 110 Å². The van der Waals surface area contributed by atoms with E-state index in [4.69, 9.17) is 0 Å². The minimum atomic E-state index is -1.11. The summed E-state index contributed by atoms with van der Waals surface area (Å²) in [6, 6.07) is 5.23. The molecule has 1 aliphatic rings. The lowest BCUT2D eigenvalue weighted by atomic mass is 10.0. The summed E-state index contributed by atoms with van der Waals surface area (Å²) < 4.78 is 0. The third kappa shape index (κ3) is 2.42. The molecule has 2 rings (SSSR count). The van der Waals surface area contributed by atoms with Crippen LogP contribution in [0.3, 0.4) is 0 Å². The molecule has 1 aromatic carbocycles. The molecule has 0 spiro atoms. The van der Waals surface area contributed by atoms with Crippen LogP contribution in [0.2, 0.25) is 0 Å². The lowest BCUT2D eigenvalue weighted by molar-refractivity contribution is -0.127. The lowest BCUT2D eigenvalue weighted by Gasteiger charge is -2.22. The van der Waals surface area contributed by atoms with Crippen molar-refractivity contribution in [3.63, 3.8) is 0 Å². The second kappa shape index (κ2) is 5.12. The third-order valence-electron chi connectivity index (χ3n) is 2.90. The van der Waals surface area contributed by atoms with E-state index in [0.29, 0.717) is 11.3 Å². The van der Waals surface area contributed by atoms with Crippen molar-refractivity contribution in [2.45, 2.75) is 36.5 Å². The van der Waals surface area contributed by atoms with Gasteiger partial charge in [0.15, 0.2) is 5.78 Å². The number of hydrogen-bond donors (Lipinski definition) is 2. The first-order chi connectivity index (χ1) is 8.52. The van der Waals surface area contributed by atoms with Gasteiger partial charge in [-0.3, -0.25) is 9.59 Å². The molecule has 96 valence electrons. The number of fused-ring (bicyclic) bond motifs is 1. The summed E-state index contributed by atoms with van der Waals surface area (Å²) in [6.07, 6.45) is -0.822. The zero-order chi connectivity index (χ0) is 13.3. The number of aliphatic hydroxyl groups excluding tert-OH is 1. The molecule has 0 fully saturated rings. The molecule has 1 aromatic rings. The van der Waals surface area contributed by atoms with Gasteiger partial charge in [0, 0.05) is 11.3 Å². The monoisotopic (exact) mass is 265 g/mol. The summed E-state index contributed by atoms with van der Waals surface area (Å²) in [6.45, 7) is 3.55. The van der Waals surface area contributed by atoms with E-state index in [1.165, 1.54) is 11.8 Å². The maximum Gasteiger partial charge on any atom is 0.237 e. The first-order valence-electron chi connectivity index (χ1n) is 5.85. The average molecular weight is 265 g/mol. The van der Waals surface area contributed by atoms with Crippen LogP contribution in [0.5, 0.6) is 0 Å². The minimum absolute atomic E-state index is 0.0547. The Kier molecular flexibility index (Phi) is 3.73. The fraction of sp³-hybridized carbons (Fsp3) is 0.385. The normalized spacial score (nSPS) is 19.9. The van der Waals surface area contributed by atoms with Crippen LogP contribution in [-0.2, 0) is 9.59 Å². The van der Waals surface area contributed by atoms with Crippen molar-refractivity contribution < 1.29 is 14.7 Å². The average Bonchev–Trinajstić information content (AvgIpc) is 2.37. The Morgan fingerprint density at radius 3 is 2.94 bits per heavy atom. The van der Waals surface area contributed by atoms with Crippen LogP contribution >= 0.6 is 11.8 Å². The van der Waals surface area contributed by atoms with Crippen LogP contribution in [0.1, 0.15) is 31.9 Å².